The zero-order chi connectivity index (χ0) is 9.84. The number of hydrogen-bond donors (Lipinski definition) is 0. The van der Waals surface area contributed by atoms with Crippen LogP contribution in [0.3, 0.4) is 0 Å². The van der Waals surface area contributed by atoms with Gasteiger partial charge >= 0.3 is 84.8 Å². The number of aromatic nitrogens is 1. The van der Waals surface area contributed by atoms with Crippen LogP contribution in [0.15, 0.2) is 18.3 Å². The van der Waals surface area contributed by atoms with Gasteiger partial charge in [-0.25, -0.2) is 0 Å². The molecule has 1 heterocycles. The fraction of sp³-hybridized carbons (Fsp3) is 0.333. The van der Waals surface area contributed by atoms with E-state index in [0.29, 0.717) is 5.56 Å². The Kier molecular flexibility index (Phi) is 3.71. The van der Waals surface area contributed by atoms with Crippen molar-refractivity contribution in [3.63, 3.8) is 0 Å². The molecule has 0 saturated carbocycles. The molecule has 1 aromatic rings. The van der Waals surface area contributed by atoms with E-state index in [1.165, 1.54) is 7.11 Å². The van der Waals surface area contributed by atoms with E-state index in [-0.39, 0.29) is 5.97 Å². The van der Waals surface area contributed by atoms with Gasteiger partial charge in [0.2, 0.25) is 0 Å². The molecular weight excluding hydrogens is 273 g/mol. The summed E-state index contributed by atoms with van der Waals surface area (Å²) >= 11 is -1.45. The number of pyridine rings is 1. The first-order chi connectivity index (χ1) is 6.15. The first-order valence-electron chi connectivity index (χ1n) is 4.00. The molecule has 0 amide bonds. The molecule has 0 saturated heterocycles. The molecule has 3 nitrogen and oxygen atoms in total. The Bertz CT molecular complexity index is 312. The van der Waals surface area contributed by atoms with Gasteiger partial charge in [-0.05, 0) is 0 Å². The normalized spacial score (nSPS) is 10.2. The summed E-state index contributed by atoms with van der Waals surface area (Å²) in [6, 6.07) is 3.53. The van der Waals surface area contributed by atoms with Crippen molar-refractivity contribution in [2.24, 2.45) is 0 Å². The Morgan fingerprint density at radius 1 is 1.54 bits per heavy atom. The van der Waals surface area contributed by atoms with Crippen LogP contribution in [-0.4, -0.2) is 37.8 Å². The summed E-state index contributed by atoms with van der Waals surface area (Å²) in [6.07, 6.45) is 1.68. The molecule has 69 valence electrons. The first kappa shape index (κ1) is 10.5. The van der Waals surface area contributed by atoms with Gasteiger partial charge in [-0.15, -0.1) is 0 Å². The number of esters is 1. The van der Waals surface area contributed by atoms with Crippen molar-refractivity contribution >= 4 is 29.4 Å². The molecule has 0 aliphatic carbocycles. The molecule has 1 aromatic heterocycles. The number of carbonyl (C=O) groups excluding carboxylic acids is 1. The van der Waals surface area contributed by atoms with Gasteiger partial charge in [0.15, 0.2) is 0 Å². The van der Waals surface area contributed by atoms with Crippen molar-refractivity contribution in [2.75, 3.05) is 7.11 Å². The molecule has 0 unspecified atom stereocenters. The molecule has 0 bridgehead atoms. The van der Waals surface area contributed by atoms with Crippen molar-refractivity contribution in [1.29, 1.82) is 0 Å². The number of carbonyl (C=O) groups is 1. The molecule has 0 atom stereocenters. The number of methoxy groups -OCH3 is 1. The van der Waals surface area contributed by atoms with E-state index in [4.69, 9.17) is 0 Å². The number of rotatable bonds is 2. The summed E-state index contributed by atoms with van der Waals surface area (Å²) in [6.45, 7) is 0. The number of nitrogens with zero attached hydrogens (tertiary/aromatic N) is 1. The maximum absolute atomic E-state index is 11.2. The van der Waals surface area contributed by atoms with Crippen LogP contribution >= 0.6 is 0 Å². The van der Waals surface area contributed by atoms with Crippen LogP contribution in [0.25, 0.3) is 0 Å². The van der Waals surface area contributed by atoms with Gasteiger partial charge in [-0.1, -0.05) is 0 Å². The molecule has 1 rings (SSSR count). The van der Waals surface area contributed by atoms with Gasteiger partial charge < -0.3 is 0 Å². The summed E-state index contributed by atoms with van der Waals surface area (Å²) in [5.41, 5.74) is 0.606. The molecule has 0 spiro atoms. The average Bonchev–Trinajstić information content (AvgIpc) is 2.17. The van der Waals surface area contributed by atoms with Crippen LogP contribution in [0, 0.1) is 0 Å². The fourth-order valence-electron chi connectivity index (χ4n) is 0.949. The van der Waals surface area contributed by atoms with E-state index in [0.717, 1.165) is 3.71 Å². The van der Waals surface area contributed by atoms with E-state index < -0.39 is 19.8 Å². The van der Waals surface area contributed by atoms with E-state index in [1.807, 2.05) is 6.07 Å². The summed E-state index contributed by atoms with van der Waals surface area (Å²) in [5, 5.41) is 0. The van der Waals surface area contributed by atoms with Crippen LogP contribution in [0.2, 0.25) is 9.88 Å². The Morgan fingerprint density at radius 3 is 2.77 bits per heavy atom. The fourth-order valence-corrected chi connectivity index (χ4v) is 3.17. The third-order valence-electron chi connectivity index (χ3n) is 1.69. The zero-order valence-electron chi connectivity index (χ0n) is 8.00. The van der Waals surface area contributed by atoms with E-state index >= 15 is 0 Å². The van der Waals surface area contributed by atoms with Crippen LogP contribution in [0.4, 0.5) is 0 Å². The third kappa shape index (κ3) is 2.69. The number of ether oxygens (including phenoxy) is 1. The SMILES string of the molecule is COC(=O)c1ccn[c]([Sn]([CH3])[CH3])c1. The monoisotopic (exact) mass is 286 g/mol. The van der Waals surface area contributed by atoms with E-state index in [1.54, 1.807) is 12.3 Å². The van der Waals surface area contributed by atoms with Crippen LogP contribution in [0.5, 0.6) is 0 Å². The maximum atomic E-state index is 11.2. The van der Waals surface area contributed by atoms with Crippen LogP contribution in [-0.2, 0) is 4.74 Å². The van der Waals surface area contributed by atoms with Crippen molar-refractivity contribution < 1.29 is 9.53 Å². The molecule has 1 radical (unpaired) electrons. The molecule has 0 fully saturated rings. The summed E-state index contributed by atoms with van der Waals surface area (Å²) in [7, 11) is 1.39. The Balaban J connectivity index is 2.98. The number of hydrogen-bond acceptors (Lipinski definition) is 3. The Morgan fingerprint density at radius 2 is 2.23 bits per heavy atom. The minimum atomic E-state index is -1.45. The average molecular weight is 285 g/mol. The van der Waals surface area contributed by atoms with Crippen LogP contribution < -0.4 is 3.71 Å². The van der Waals surface area contributed by atoms with Crippen molar-refractivity contribution in [3.05, 3.63) is 23.9 Å². The van der Waals surface area contributed by atoms with E-state index in [9.17, 15) is 4.79 Å². The quantitative estimate of drug-likeness (QED) is 0.597. The predicted octanol–water partition coefficient (Wildman–Crippen LogP) is 0.830. The van der Waals surface area contributed by atoms with Gasteiger partial charge in [0.1, 0.15) is 0 Å². The summed E-state index contributed by atoms with van der Waals surface area (Å²) < 4.78 is 5.73. The Labute approximate surface area is 84.9 Å². The van der Waals surface area contributed by atoms with Crippen molar-refractivity contribution in [3.8, 4) is 0 Å². The molecule has 13 heavy (non-hydrogen) atoms. The van der Waals surface area contributed by atoms with Gasteiger partial charge in [0.05, 0.1) is 0 Å². The second-order valence-corrected chi connectivity index (χ2v) is 10.1. The van der Waals surface area contributed by atoms with Crippen molar-refractivity contribution in [2.45, 2.75) is 9.88 Å². The van der Waals surface area contributed by atoms with Crippen LogP contribution in [0.1, 0.15) is 10.4 Å². The minimum absolute atomic E-state index is 0.284. The first-order valence-corrected chi connectivity index (χ1v) is 11.1. The standard InChI is InChI=1S/C7H6NO2.2CH3.Sn/c1-10-7(9)6-2-4-8-5-3-6;;;/h2-4H,1H3;2*1H3;. The van der Waals surface area contributed by atoms with Gasteiger partial charge in [-0.3, -0.25) is 0 Å². The summed E-state index contributed by atoms with van der Waals surface area (Å²) in [4.78, 5) is 19.9. The predicted molar refractivity (Wildman–Crippen MR) is 52.7 cm³/mol. The molecule has 0 aliphatic rings. The second kappa shape index (κ2) is 4.60. The molecule has 0 N–H and O–H groups in total. The van der Waals surface area contributed by atoms with Crippen molar-refractivity contribution in [1.82, 2.24) is 4.98 Å². The molecular formula is C9H12NO2Sn. The van der Waals surface area contributed by atoms with E-state index in [2.05, 4.69) is 19.6 Å². The molecule has 0 aromatic carbocycles. The second-order valence-electron chi connectivity index (χ2n) is 2.92. The van der Waals surface area contributed by atoms with Gasteiger partial charge in [0.25, 0.3) is 0 Å². The third-order valence-corrected chi connectivity index (χ3v) is 5.40. The molecule has 4 heteroatoms. The molecule has 0 aliphatic heterocycles. The topological polar surface area (TPSA) is 39.2 Å². The zero-order valence-corrected chi connectivity index (χ0v) is 10.8. The van der Waals surface area contributed by atoms with Gasteiger partial charge in [0, 0.05) is 0 Å². The Hall–Kier alpha value is -0.581. The van der Waals surface area contributed by atoms with Gasteiger partial charge in [-0.2, -0.15) is 0 Å². The summed E-state index contributed by atoms with van der Waals surface area (Å²) in [5.74, 6) is -0.284.